The van der Waals surface area contributed by atoms with Crippen molar-refractivity contribution in [3.05, 3.63) is 51.2 Å². The van der Waals surface area contributed by atoms with Crippen LogP contribution in [0.2, 0.25) is 0 Å². The Morgan fingerprint density at radius 2 is 2.07 bits per heavy atom. The van der Waals surface area contributed by atoms with Gasteiger partial charge in [0.1, 0.15) is 11.6 Å². The Morgan fingerprint density at radius 3 is 2.67 bits per heavy atom. The van der Waals surface area contributed by atoms with E-state index in [-0.39, 0.29) is 11.3 Å². The van der Waals surface area contributed by atoms with Crippen molar-refractivity contribution in [3.63, 3.8) is 0 Å². The number of ketones is 1. The Bertz CT molecular complexity index is 906. The van der Waals surface area contributed by atoms with Gasteiger partial charge in [-0.25, -0.2) is 9.97 Å². The number of aliphatic hydroxyl groups excluding tert-OH is 1. The van der Waals surface area contributed by atoms with Crippen LogP contribution in [0.15, 0.2) is 29.3 Å². The lowest BCUT2D eigenvalue weighted by molar-refractivity contribution is -0.140. The zero-order valence-electron chi connectivity index (χ0n) is 15.8. The van der Waals surface area contributed by atoms with E-state index in [2.05, 4.69) is 9.97 Å². The van der Waals surface area contributed by atoms with Crippen LogP contribution in [-0.2, 0) is 9.59 Å². The fourth-order valence-corrected chi connectivity index (χ4v) is 3.97. The van der Waals surface area contributed by atoms with Crippen molar-refractivity contribution >= 4 is 28.8 Å². The fraction of sp³-hybridized carbons (Fsp3) is 0.368. The van der Waals surface area contributed by atoms with Gasteiger partial charge in [-0.15, -0.1) is 11.3 Å². The first kappa shape index (κ1) is 19.2. The number of amides is 1. The van der Waals surface area contributed by atoms with Gasteiger partial charge in [0.2, 0.25) is 0 Å². The first-order chi connectivity index (χ1) is 12.8. The predicted octanol–water partition coefficient (Wildman–Crippen LogP) is 2.14. The molecule has 0 radical (unpaired) electrons. The molecule has 0 saturated carbocycles. The molecular weight excluding hydrogens is 364 g/mol. The highest BCUT2D eigenvalue weighted by Crippen LogP contribution is 2.41. The Hall–Kier alpha value is -2.58. The topological polar surface area (TPSA) is 86.6 Å². The number of likely N-dealkylation sites (N-methyl/N-ethyl adjacent to an activating group) is 1. The summed E-state index contributed by atoms with van der Waals surface area (Å²) < 4.78 is 0. The Balaban J connectivity index is 2.13. The zero-order valence-corrected chi connectivity index (χ0v) is 16.6. The maximum atomic E-state index is 12.8. The zero-order chi connectivity index (χ0) is 19.7. The summed E-state index contributed by atoms with van der Waals surface area (Å²) in [6.07, 6.45) is 1.49. The summed E-state index contributed by atoms with van der Waals surface area (Å²) in [6.45, 7) is 4.50. The lowest BCUT2D eigenvalue weighted by Crippen LogP contribution is -2.35. The molecule has 3 heterocycles. The number of thiophene rings is 1. The quantitative estimate of drug-likeness (QED) is 0.481. The molecule has 1 amide bonds. The van der Waals surface area contributed by atoms with Gasteiger partial charge in [-0.3, -0.25) is 9.59 Å². The molecule has 1 aliphatic rings. The van der Waals surface area contributed by atoms with Crippen molar-refractivity contribution in [2.75, 3.05) is 27.2 Å². The number of Topliss-reactive ketones (excluding diaryl/α,β-unsaturated/α-hetero) is 1. The minimum Gasteiger partial charge on any atom is -0.507 e. The van der Waals surface area contributed by atoms with Crippen molar-refractivity contribution in [1.82, 2.24) is 19.8 Å². The number of likely N-dealkylation sites (tertiary alicyclic amines) is 1. The minimum absolute atomic E-state index is 0.0942. The summed E-state index contributed by atoms with van der Waals surface area (Å²) in [7, 11) is 3.81. The van der Waals surface area contributed by atoms with Crippen molar-refractivity contribution in [1.29, 1.82) is 0 Å². The Kier molecular flexibility index (Phi) is 5.38. The summed E-state index contributed by atoms with van der Waals surface area (Å²) >= 11 is 1.45. The van der Waals surface area contributed by atoms with Crippen LogP contribution in [-0.4, -0.2) is 63.7 Å². The molecule has 27 heavy (non-hydrogen) atoms. The highest BCUT2D eigenvalue weighted by molar-refractivity contribution is 7.10. The third kappa shape index (κ3) is 3.63. The molecule has 1 N–H and O–H groups in total. The molecule has 0 bridgehead atoms. The second kappa shape index (κ2) is 7.58. The largest absolute Gasteiger partial charge is 0.507 e. The number of carbonyl (C=O) groups excluding carboxylic acids is 2. The fourth-order valence-electron chi connectivity index (χ4n) is 3.12. The number of hydrogen-bond donors (Lipinski definition) is 1. The van der Waals surface area contributed by atoms with Gasteiger partial charge in [-0.1, -0.05) is 6.07 Å². The van der Waals surface area contributed by atoms with E-state index in [1.807, 2.05) is 36.5 Å². The van der Waals surface area contributed by atoms with Crippen LogP contribution in [0.5, 0.6) is 0 Å². The molecule has 3 rings (SSSR count). The monoisotopic (exact) mass is 386 g/mol. The summed E-state index contributed by atoms with van der Waals surface area (Å²) in [6, 6.07) is 3.13. The summed E-state index contributed by atoms with van der Waals surface area (Å²) in [4.78, 5) is 38.2. The van der Waals surface area contributed by atoms with Crippen LogP contribution in [0.25, 0.3) is 5.76 Å². The van der Waals surface area contributed by atoms with Gasteiger partial charge >= 0.3 is 0 Å². The minimum atomic E-state index is -0.676. The highest BCUT2D eigenvalue weighted by atomic mass is 32.1. The lowest BCUT2D eigenvalue weighted by Gasteiger charge is -2.25. The number of carbonyl (C=O) groups is 2. The van der Waals surface area contributed by atoms with Gasteiger partial charge in [-0.05, 0) is 39.4 Å². The van der Waals surface area contributed by atoms with Gasteiger partial charge in [0.15, 0.2) is 0 Å². The second-order valence-electron chi connectivity index (χ2n) is 6.73. The Labute approximate surface area is 162 Å². The average molecular weight is 386 g/mol. The third-order valence-electron chi connectivity index (χ3n) is 4.50. The predicted molar refractivity (Wildman–Crippen MR) is 103 cm³/mol. The molecule has 0 spiro atoms. The van der Waals surface area contributed by atoms with Crippen LogP contribution in [0.3, 0.4) is 0 Å². The van der Waals surface area contributed by atoms with E-state index in [1.165, 1.54) is 22.4 Å². The molecule has 0 aromatic carbocycles. The van der Waals surface area contributed by atoms with Gasteiger partial charge < -0.3 is 14.9 Å². The number of hydrogen-bond acceptors (Lipinski definition) is 7. The number of aromatic nitrogens is 2. The molecule has 0 aliphatic carbocycles. The standard InChI is InChI=1S/C19H22N4O3S/c1-11-13(10-20-12(2)21-11)17(24)15-16(14-6-5-9-27-14)23(8-7-22(3)4)19(26)18(15)25/h5-6,9-10,16,24H,7-8H2,1-4H3/b17-15+/t16-/m1/s1. The van der Waals surface area contributed by atoms with Gasteiger partial charge in [0, 0.05) is 24.2 Å². The second-order valence-corrected chi connectivity index (χ2v) is 7.71. The molecule has 7 nitrogen and oxygen atoms in total. The first-order valence-corrected chi connectivity index (χ1v) is 9.46. The van der Waals surface area contributed by atoms with Crippen LogP contribution in [0.1, 0.15) is 28.0 Å². The SMILES string of the molecule is Cc1ncc(/C(O)=C2\C(=O)C(=O)N(CCN(C)C)[C@@H]2c2cccs2)c(C)n1. The van der Waals surface area contributed by atoms with E-state index in [0.29, 0.717) is 30.2 Å². The molecule has 1 fully saturated rings. The molecule has 142 valence electrons. The summed E-state index contributed by atoms with van der Waals surface area (Å²) in [5.74, 6) is -0.922. The van der Waals surface area contributed by atoms with Gasteiger partial charge in [0.25, 0.3) is 11.7 Å². The van der Waals surface area contributed by atoms with Crippen molar-refractivity contribution in [3.8, 4) is 0 Å². The van der Waals surface area contributed by atoms with Crippen molar-refractivity contribution < 1.29 is 14.7 Å². The maximum absolute atomic E-state index is 12.8. The van der Waals surface area contributed by atoms with E-state index >= 15 is 0 Å². The van der Waals surface area contributed by atoms with Gasteiger partial charge in [-0.2, -0.15) is 0 Å². The van der Waals surface area contributed by atoms with E-state index in [9.17, 15) is 14.7 Å². The van der Waals surface area contributed by atoms with E-state index in [0.717, 1.165) is 4.88 Å². The van der Waals surface area contributed by atoms with Crippen LogP contribution >= 0.6 is 11.3 Å². The number of nitrogens with zero attached hydrogens (tertiary/aromatic N) is 4. The smallest absolute Gasteiger partial charge is 0.295 e. The number of aryl methyl sites for hydroxylation is 2. The average Bonchev–Trinajstić information content (AvgIpc) is 3.20. The third-order valence-corrected chi connectivity index (χ3v) is 5.42. The molecule has 1 atom stereocenters. The molecule has 1 aliphatic heterocycles. The normalized spacial score (nSPS) is 19.3. The van der Waals surface area contributed by atoms with Crippen molar-refractivity contribution in [2.45, 2.75) is 19.9 Å². The Morgan fingerprint density at radius 1 is 1.33 bits per heavy atom. The highest BCUT2D eigenvalue weighted by Gasteiger charge is 2.46. The van der Waals surface area contributed by atoms with Gasteiger partial charge in [0.05, 0.1) is 22.9 Å². The van der Waals surface area contributed by atoms with Crippen LogP contribution in [0, 0.1) is 13.8 Å². The van der Waals surface area contributed by atoms with E-state index < -0.39 is 17.7 Å². The molecule has 2 aromatic rings. The molecule has 1 saturated heterocycles. The van der Waals surface area contributed by atoms with Crippen molar-refractivity contribution in [2.24, 2.45) is 0 Å². The molecule has 0 unspecified atom stereocenters. The number of rotatable bonds is 5. The molecule has 2 aromatic heterocycles. The summed E-state index contributed by atoms with van der Waals surface area (Å²) in [5, 5.41) is 12.8. The van der Waals surface area contributed by atoms with E-state index in [1.54, 1.807) is 13.8 Å². The maximum Gasteiger partial charge on any atom is 0.295 e. The summed E-state index contributed by atoms with van der Waals surface area (Å²) in [5.41, 5.74) is 1.02. The first-order valence-electron chi connectivity index (χ1n) is 8.58. The van der Waals surface area contributed by atoms with E-state index in [4.69, 9.17) is 0 Å². The molecular formula is C19H22N4O3S. The lowest BCUT2D eigenvalue weighted by atomic mass is 10.00. The molecule has 8 heteroatoms. The van der Waals surface area contributed by atoms with Crippen LogP contribution in [0.4, 0.5) is 0 Å². The van der Waals surface area contributed by atoms with Crippen LogP contribution < -0.4 is 0 Å². The number of aliphatic hydroxyl groups is 1.